The van der Waals surface area contributed by atoms with Crippen molar-refractivity contribution < 1.29 is 9.52 Å². The maximum Gasteiger partial charge on any atom is 0.320 e. The molecule has 2 aromatic heterocycles. The number of carbonyl (C=O) groups is 1. The summed E-state index contributed by atoms with van der Waals surface area (Å²) in [5.74, 6) is -0.208. The van der Waals surface area contributed by atoms with Gasteiger partial charge in [0.1, 0.15) is 0 Å². The molecule has 0 bridgehead atoms. The topological polar surface area (TPSA) is 63.4 Å². The first-order valence-corrected chi connectivity index (χ1v) is 7.67. The highest BCUT2D eigenvalue weighted by atomic mass is 32.1. The fourth-order valence-corrected chi connectivity index (χ4v) is 3.20. The third-order valence-electron chi connectivity index (χ3n) is 3.49. The lowest BCUT2D eigenvalue weighted by atomic mass is 10.2. The van der Waals surface area contributed by atoms with Crippen molar-refractivity contribution in [3.8, 4) is 0 Å². The Kier molecular flexibility index (Phi) is 3.74. The van der Waals surface area contributed by atoms with Gasteiger partial charge in [-0.25, -0.2) is 4.98 Å². The zero-order valence-corrected chi connectivity index (χ0v) is 12.5. The molecule has 1 fully saturated rings. The van der Waals surface area contributed by atoms with Gasteiger partial charge in [-0.3, -0.25) is 4.79 Å². The molecule has 21 heavy (non-hydrogen) atoms. The molecule has 7 heteroatoms. The van der Waals surface area contributed by atoms with Crippen molar-refractivity contribution in [2.24, 2.45) is 0 Å². The minimum Gasteiger partial charge on any atom is -0.618 e. The van der Waals surface area contributed by atoms with Gasteiger partial charge in [-0.15, -0.1) is 11.3 Å². The first kappa shape index (κ1) is 13.8. The average Bonchev–Trinajstić information content (AvgIpc) is 2.94. The maximum atomic E-state index is 12.3. The molecule has 0 atom stereocenters. The van der Waals surface area contributed by atoms with Gasteiger partial charge in [-0.05, 0) is 13.0 Å². The molecule has 0 N–H and O–H groups in total. The number of thiazole rings is 1. The minimum atomic E-state index is -0.208. The summed E-state index contributed by atoms with van der Waals surface area (Å²) in [6.45, 7) is 4.66. The Morgan fingerprint density at radius 3 is 2.71 bits per heavy atom. The summed E-state index contributed by atoms with van der Waals surface area (Å²) in [7, 11) is 0. The molecule has 0 aromatic carbocycles. The normalized spacial score (nSPS) is 15.3. The molecule has 1 aliphatic heterocycles. The zero-order chi connectivity index (χ0) is 14.8. The van der Waals surface area contributed by atoms with Crippen molar-refractivity contribution in [2.45, 2.75) is 6.92 Å². The van der Waals surface area contributed by atoms with E-state index in [4.69, 9.17) is 0 Å². The van der Waals surface area contributed by atoms with E-state index in [-0.39, 0.29) is 11.6 Å². The molecule has 1 amide bonds. The monoisotopic (exact) mass is 304 g/mol. The quantitative estimate of drug-likeness (QED) is 0.614. The predicted octanol–water partition coefficient (Wildman–Crippen LogP) is 1.05. The van der Waals surface area contributed by atoms with Gasteiger partial charge in [0.25, 0.3) is 5.69 Å². The van der Waals surface area contributed by atoms with Gasteiger partial charge in [0, 0.05) is 43.7 Å². The summed E-state index contributed by atoms with van der Waals surface area (Å²) < 4.78 is 0.624. The predicted molar refractivity (Wildman–Crippen MR) is 80.4 cm³/mol. The van der Waals surface area contributed by atoms with Crippen molar-refractivity contribution in [3.05, 3.63) is 46.4 Å². The van der Waals surface area contributed by atoms with Gasteiger partial charge in [0.15, 0.2) is 11.3 Å². The second-order valence-corrected chi connectivity index (χ2v) is 5.80. The Bertz CT molecular complexity index is 650. The van der Waals surface area contributed by atoms with Crippen LogP contribution in [0, 0.1) is 12.1 Å². The van der Waals surface area contributed by atoms with Gasteiger partial charge < -0.3 is 15.0 Å². The van der Waals surface area contributed by atoms with Crippen LogP contribution in [-0.4, -0.2) is 42.0 Å². The highest BCUT2D eigenvalue weighted by molar-refractivity contribution is 7.13. The Balaban J connectivity index is 1.66. The van der Waals surface area contributed by atoms with Crippen LogP contribution in [-0.2, 0) is 0 Å². The van der Waals surface area contributed by atoms with E-state index in [1.807, 2.05) is 12.3 Å². The molecule has 2 aromatic rings. The van der Waals surface area contributed by atoms with Gasteiger partial charge in [0.2, 0.25) is 0 Å². The van der Waals surface area contributed by atoms with Crippen LogP contribution >= 0.6 is 11.3 Å². The smallest absolute Gasteiger partial charge is 0.320 e. The molecule has 0 spiro atoms. The summed E-state index contributed by atoms with van der Waals surface area (Å²) in [6, 6.07) is 4.88. The SMILES string of the molecule is Cc1csc(N2CCN(C(=O)c3cccc[n+]3[O-])CC2)n1. The number of hydrogen-bond acceptors (Lipinski definition) is 5. The molecule has 110 valence electrons. The Hall–Kier alpha value is -2.15. The first-order valence-electron chi connectivity index (χ1n) is 6.80. The molecule has 0 radical (unpaired) electrons. The van der Waals surface area contributed by atoms with Gasteiger partial charge >= 0.3 is 5.91 Å². The van der Waals surface area contributed by atoms with E-state index in [9.17, 15) is 10.0 Å². The summed E-state index contributed by atoms with van der Waals surface area (Å²) in [5.41, 5.74) is 1.20. The van der Waals surface area contributed by atoms with Gasteiger partial charge in [0.05, 0.1) is 5.69 Å². The molecule has 3 heterocycles. The zero-order valence-electron chi connectivity index (χ0n) is 11.7. The van der Waals surface area contributed by atoms with Crippen LogP contribution in [0.4, 0.5) is 5.13 Å². The molecule has 6 nitrogen and oxygen atoms in total. The van der Waals surface area contributed by atoms with Gasteiger partial charge in [-0.2, -0.15) is 4.73 Å². The van der Waals surface area contributed by atoms with E-state index in [2.05, 4.69) is 9.88 Å². The Labute approximate surface area is 126 Å². The molecule has 0 aliphatic carbocycles. The molecule has 0 unspecified atom stereocenters. The fourth-order valence-electron chi connectivity index (χ4n) is 2.34. The number of nitrogens with zero attached hydrogens (tertiary/aromatic N) is 4. The lowest BCUT2D eigenvalue weighted by Gasteiger charge is -2.34. The molecule has 0 saturated carbocycles. The van der Waals surface area contributed by atoms with E-state index in [0.29, 0.717) is 17.8 Å². The fraction of sp³-hybridized carbons (Fsp3) is 0.357. The van der Waals surface area contributed by atoms with Crippen LogP contribution in [0.15, 0.2) is 29.8 Å². The number of hydrogen-bond donors (Lipinski definition) is 0. The molecule has 3 rings (SSSR count). The van der Waals surface area contributed by atoms with Crippen LogP contribution < -0.4 is 9.63 Å². The number of aromatic nitrogens is 2. The first-order chi connectivity index (χ1) is 10.1. The van der Waals surface area contributed by atoms with Crippen LogP contribution in [0.2, 0.25) is 0 Å². The average molecular weight is 304 g/mol. The number of pyridine rings is 1. The van der Waals surface area contributed by atoms with Crippen molar-refractivity contribution in [2.75, 3.05) is 31.1 Å². The summed E-state index contributed by atoms with van der Waals surface area (Å²) in [5, 5.41) is 14.7. The molecule has 1 saturated heterocycles. The van der Waals surface area contributed by atoms with E-state index in [1.54, 1.807) is 34.4 Å². The summed E-state index contributed by atoms with van der Waals surface area (Å²) >= 11 is 1.62. The van der Waals surface area contributed by atoms with Crippen LogP contribution in [0.1, 0.15) is 16.2 Å². The second kappa shape index (κ2) is 5.69. The highest BCUT2D eigenvalue weighted by Crippen LogP contribution is 2.21. The maximum absolute atomic E-state index is 12.3. The molecule has 1 aliphatic rings. The second-order valence-electron chi connectivity index (χ2n) is 4.96. The van der Waals surface area contributed by atoms with Crippen molar-refractivity contribution in [3.63, 3.8) is 0 Å². The van der Waals surface area contributed by atoms with E-state index < -0.39 is 0 Å². The number of piperazine rings is 1. The third-order valence-corrected chi connectivity index (χ3v) is 4.51. The lowest BCUT2D eigenvalue weighted by Crippen LogP contribution is -2.51. The standard InChI is InChI=1S/C14H16N4O2S/c1-11-10-21-14(15-11)17-8-6-16(7-9-17)13(19)12-4-2-3-5-18(12)20/h2-5,10H,6-9H2,1H3. The minimum absolute atomic E-state index is 0.177. The molecular formula is C14H16N4O2S. The van der Waals surface area contributed by atoms with Gasteiger partial charge in [-0.1, -0.05) is 0 Å². The van der Waals surface area contributed by atoms with Crippen LogP contribution in [0.25, 0.3) is 0 Å². The highest BCUT2D eigenvalue weighted by Gasteiger charge is 2.27. The number of amides is 1. The van der Waals surface area contributed by atoms with Crippen molar-refractivity contribution in [1.29, 1.82) is 0 Å². The third kappa shape index (κ3) is 2.82. The largest absolute Gasteiger partial charge is 0.618 e. The number of rotatable bonds is 2. The van der Waals surface area contributed by atoms with E-state index in [0.717, 1.165) is 23.9 Å². The molecular weight excluding hydrogens is 288 g/mol. The van der Waals surface area contributed by atoms with Crippen LogP contribution in [0.5, 0.6) is 0 Å². The Morgan fingerprint density at radius 1 is 1.33 bits per heavy atom. The number of aryl methyl sites for hydroxylation is 1. The summed E-state index contributed by atoms with van der Waals surface area (Å²) in [6.07, 6.45) is 1.35. The van der Waals surface area contributed by atoms with Crippen LogP contribution in [0.3, 0.4) is 0 Å². The number of anilines is 1. The Morgan fingerprint density at radius 2 is 2.10 bits per heavy atom. The van der Waals surface area contributed by atoms with Crippen molar-refractivity contribution >= 4 is 22.4 Å². The van der Waals surface area contributed by atoms with Crippen molar-refractivity contribution in [1.82, 2.24) is 9.88 Å². The summed E-state index contributed by atoms with van der Waals surface area (Å²) in [4.78, 5) is 20.7. The van der Waals surface area contributed by atoms with E-state index >= 15 is 0 Å². The van der Waals surface area contributed by atoms with E-state index in [1.165, 1.54) is 6.20 Å². The lowest BCUT2D eigenvalue weighted by molar-refractivity contribution is -0.608. The number of carbonyl (C=O) groups excluding carboxylic acids is 1.